The smallest absolute Gasteiger partial charge is 0.327 e. The minimum atomic E-state index is -3.01. The second-order valence-corrected chi connectivity index (χ2v) is 7.21. The van der Waals surface area contributed by atoms with Gasteiger partial charge in [-0.25, -0.2) is 0 Å². The van der Waals surface area contributed by atoms with Gasteiger partial charge in [0.15, 0.2) is 5.79 Å². The fraction of sp³-hybridized carbons (Fsp3) is 1.00. The molecule has 6 nitrogen and oxygen atoms in total. The summed E-state index contributed by atoms with van der Waals surface area (Å²) >= 11 is 0. The molecule has 1 rings (SSSR count). The maximum Gasteiger partial charge on any atom is 0.327 e. The van der Waals surface area contributed by atoms with Crippen LogP contribution in [0.15, 0.2) is 0 Å². The van der Waals surface area contributed by atoms with E-state index in [0.717, 1.165) is 0 Å². The number of nitrogens with zero attached hydrogens (tertiary/aromatic N) is 1. The lowest BCUT2D eigenvalue weighted by atomic mass is 10.4. The van der Waals surface area contributed by atoms with E-state index in [-0.39, 0.29) is 12.7 Å². The molecule has 0 radical (unpaired) electrons. The summed E-state index contributed by atoms with van der Waals surface area (Å²) < 4.78 is 33.4. The van der Waals surface area contributed by atoms with E-state index in [1.807, 2.05) is 32.8 Å². The summed E-state index contributed by atoms with van der Waals surface area (Å²) in [5.41, 5.74) is 0. The predicted molar refractivity (Wildman–Crippen MR) is 68.9 cm³/mol. The van der Waals surface area contributed by atoms with Gasteiger partial charge in [-0.2, -0.15) is 0 Å². The quantitative estimate of drug-likeness (QED) is 0.660. The van der Waals surface area contributed by atoms with Crippen LogP contribution in [-0.4, -0.2) is 63.9 Å². The highest BCUT2D eigenvalue weighted by Gasteiger charge is 2.34. The zero-order valence-corrected chi connectivity index (χ0v) is 12.7. The monoisotopic (exact) mass is 281 g/mol. The maximum atomic E-state index is 12.0. The molecule has 1 aliphatic rings. The molecule has 1 heterocycles. The molecular weight excluding hydrogens is 257 g/mol. The normalized spacial score (nSPS) is 26.4. The molecule has 0 amide bonds. The van der Waals surface area contributed by atoms with Crippen molar-refractivity contribution in [2.75, 3.05) is 47.1 Å². The summed E-state index contributed by atoms with van der Waals surface area (Å²) in [6.07, 6.45) is -0.189. The second-order valence-electron chi connectivity index (χ2n) is 5.15. The lowest BCUT2D eigenvalue weighted by Crippen LogP contribution is -2.24. The Hall–Kier alpha value is 0.0300. The summed E-state index contributed by atoms with van der Waals surface area (Å²) in [6, 6.07) is 0. The van der Waals surface area contributed by atoms with Gasteiger partial charge in [-0.1, -0.05) is 0 Å². The first-order chi connectivity index (χ1) is 8.20. The molecule has 2 unspecified atom stereocenters. The van der Waals surface area contributed by atoms with E-state index >= 15 is 0 Å². The Morgan fingerprint density at radius 3 is 2.56 bits per heavy atom. The Labute approximate surface area is 109 Å². The van der Waals surface area contributed by atoms with Gasteiger partial charge in [0.05, 0.1) is 19.8 Å². The van der Waals surface area contributed by atoms with Crippen LogP contribution in [-0.2, 0) is 23.1 Å². The van der Waals surface area contributed by atoms with Crippen LogP contribution in [0.5, 0.6) is 0 Å². The third-order valence-corrected chi connectivity index (χ3v) is 3.70. The van der Waals surface area contributed by atoms with Gasteiger partial charge in [0.1, 0.15) is 6.10 Å². The van der Waals surface area contributed by atoms with Crippen LogP contribution in [0, 0.1) is 0 Å². The summed E-state index contributed by atoms with van der Waals surface area (Å²) in [6.45, 7) is 6.91. The average molecular weight is 281 g/mol. The molecule has 0 N–H and O–H groups in total. The molecule has 0 aliphatic carbocycles. The van der Waals surface area contributed by atoms with Crippen molar-refractivity contribution in [2.24, 2.45) is 0 Å². The van der Waals surface area contributed by atoms with Crippen LogP contribution in [0.4, 0.5) is 0 Å². The predicted octanol–water partition coefficient (Wildman–Crippen LogP) is 1.56. The van der Waals surface area contributed by atoms with Crippen molar-refractivity contribution in [3.05, 3.63) is 0 Å². The molecule has 1 saturated heterocycles. The van der Waals surface area contributed by atoms with Gasteiger partial charge < -0.3 is 23.4 Å². The van der Waals surface area contributed by atoms with E-state index in [2.05, 4.69) is 0 Å². The van der Waals surface area contributed by atoms with Crippen molar-refractivity contribution in [3.8, 4) is 0 Å². The third kappa shape index (κ3) is 6.27. The van der Waals surface area contributed by atoms with Crippen LogP contribution in [0.1, 0.15) is 13.8 Å². The Morgan fingerprint density at radius 2 is 2.06 bits per heavy atom. The molecular formula is C11H24NO5P. The first-order valence-corrected chi connectivity index (χ1v) is 8.02. The zero-order valence-electron chi connectivity index (χ0n) is 11.8. The zero-order chi connectivity index (χ0) is 13.8. The van der Waals surface area contributed by atoms with Crippen molar-refractivity contribution in [1.82, 2.24) is 4.90 Å². The first kappa shape index (κ1) is 16.1. The standard InChI is InChI=1S/C11H24NO5P/c1-11(2)14-8-10(17-11)9-16-18(5,13)15-7-6-12(3)4/h10H,6-9H2,1-5H3. The SMILES string of the molecule is CN(C)CCOP(C)(=O)OCC1COC(C)(C)O1. The van der Waals surface area contributed by atoms with Crippen molar-refractivity contribution in [3.63, 3.8) is 0 Å². The molecule has 0 bridgehead atoms. The molecule has 0 aromatic rings. The van der Waals surface area contributed by atoms with Crippen LogP contribution >= 0.6 is 7.60 Å². The fourth-order valence-corrected chi connectivity index (χ4v) is 2.42. The Morgan fingerprint density at radius 1 is 1.39 bits per heavy atom. The average Bonchev–Trinajstić information content (AvgIpc) is 2.55. The van der Waals surface area contributed by atoms with E-state index in [1.165, 1.54) is 6.66 Å². The molecule has 0 aromatic carbocycles. The first-order valence-electron chi connectivity index (χ1n) is 6.03. The summed E-state index contributed by atoms with van der Waals surface area (Å²) in [7, 11) is 0.849. The number of rotatable bonds is 7. The Kier molecular flexibility index (Phi) is 5.77. The molecule has 1 aliphatic heterocycles. The summed E-state index contributed by atoms with van der Waals surface area (Å²) in [5.74, 6) is -0.586. The second kappa shape index (κ2) is 6.46. The molecule has 0 aromatic heterocycles. The van der Waals surface area contributed by atoms with Gasteiger partial charge in [0.2, 0.25) is 0 Å². The van der Waals surface area contributed by atoms with Gasteiger partial charge in [-0.05, 0) is 27.9 Å². The Balaban J connectivity index is 2.23. The third-order valence-electron chi connectivity index (χ3n) is 2.43. The highest BCUT2D eigenvalue weighted by Crippen LogP contribution is 2.44. The van der Waals surface area contributed by atoms with Gasteiger partial charge in [-0.15, -0.1) is 0 Å². The number of hydrogen-bond acceptors (Lipinski definition) is 6. The largest absolute Gasteiger partial charge is 0.348 e. The number of hydrogen-bond donors (Lipinski definition) is 0. The van der Waals surface area contributed by atoms with E-state index < -0.39 is 13.4 Å². The van der Waals surface area contributed by atoms with E-state index in [4.69, 9.17) is 18.5 Å². The van der Waals surface area contributed by atoms with E-state index in [0.29, 0.717) is 19.8 Å². The molecule has 2 atom stereocenters. The molecule has 1 fully saturated rings. The van der Waals surface area contributed by atoms with Gasteiger partial charge in [-0.3, -0.25) is 4.57 Å². The van der Waals surface area contributed by atoms with E-state index in [9.17, 15) is 4.57 Å². The fourth-order valence-electron chi connectivity index (χ4n) is 1.49. The van der Waals surface area contributed by atoms with Crippen LogP contribution < -0.4 is 0 Å². The maximum absolute atomic E-state index is 12.0. The summed E-state index contributed by atoms with van der Waals surface area (Å²) in [5, 5.41) is 0. The summed E-state index contributed by atoms with van der Waals surface area (Å²) in [4.78, 5) is 1.95. The lowest BCUT2D eigenvalue weighted by molar-refractivity contribution is -0.141. The van der Waals surface area contributed by atoms with Crippen LogP contribution in [0.25, 0.3) is 0 Å². The molecule has 108 valence electrons. The minimum absolute atomic E-state index is 0.189. The topological polar surface area (TPSA) is 57.2 Å². The molecule has 0 saturated carbocycles. The minimum Gasteiger partial charge on any atom is -0.348 e. The number of likely N-dealkylation sites (N-methyl/N-ethyl adjacent to an activating group) is 1. The molecule has 18 heavy (non-hydrogen) atoms. The van der Waals surface area contributed by atoms with Gasteiger partial charge >= 0.3 is 7.60 Å². The highest BCUT2D eigenvalue weighted by atomic mass is 31.2. The lowest BCUT2D eigenvalue weighted by Gasteiger charge is -2.19. The van der Waals surface area contributed by atoms with Crippen LogP contribution in [0.3, 0.4) is 0 Å². The Bertz CT molecular complexity index is 308. The molecule has 7 heteroatoms. The van der Waals surface area contributed by atoms with Crippen molar-refractivity contribution < 1.29 is 23.1 Å². The van der Waals surface area contributed by atoms with E-state index in [1.54, 1.807) is 0 Å². The molecule has 0 spiro atoms. The van der Waals surface area contributed by atoms with Crippen molar-refractivity contribution in [2.45, 2.75) is 25.7 Å². The number of ether oxygens (including phenoxy) is 2. The van der Waals surface area contributed by atoms with Crippen LogP contribution in [0.2, 0.25) is 0 Å². The van der Waals surface area contributed by atoms with Crippen molar-refractivity contribution in [1.29, 1.82) is 0 Å². The van der Waals surface area contributed by atoms with Gasteiger partial charge in [0, 0.05) is 13.2 Å². The van der Waals surface area contributed by atoms with Crippen molar-refractivity contribution >= 4 is 7.60 Å². The van der Waals surface area contributed by atoms with Gasteiger partial charge in [0.25, 0.3) is 0 Å². The highest BCUT2D eigenvalue weighted by molar-refractivity contribution is 7.52.